The number of hydrogen-bond donors (Lipinski definition) is 1. The van der Waals surface area contributed by atoms with Crippen LogP contribution in [0.3, 0.4) is 0 Å². The summed E-state index contributed by atoms with van der Waals surface area (Å²) in [6.07, 6.45) is 1.25. The lowest BCUT2D eigenvalue weighted by molar-refractivity contribution is 0.0998. The van der Waals surface area contributed by atoms with Gasteiger partial charge in [0.1, 0.15) is 11.8 Å². The molecule has 2 atom stereocenters. The molecule has 1 aliphatic carbocycles. The Morgan fingerprint density at radius 1 is 1.30 bits per heavy atom. The van der Waals surface area contributed by atoms with Crippen molar-refractivity contribution < 1.29 is 14.3 Å². The summed E-state index contributed by atoms with van der Waals surface area (Å²) in [5, 5.41) is 30.0. The molecule has 8 heteroatoms. The molecule has 0 aromatic heterocycles. The van der Waals surface area contributed by atoms with Gasteiger partial charge >= 0.3 is 6.09 Å². The molecule has 1 aliphatic heterocycles. The van der Waals surface area contributed by atoms with Gasteiger partial charge in [0, 0.05) is 30.5 Å². The van der Waals surface area contributed by atoms with Crippen molar-refractivity contribution in [2.24, 2.45) is 17.1 Å². The van der Waals surface area contributed by atoms with Gasteiger partial charge in [-0.3, -0.25) is 0 Å². The van der Waals surface area contributed by atoms with E-state index in [1.54, 1.807) is 37.3 Å². The molecule has 0 bridgehead atoms. The van der Waals surface area contributed by atoms with E-state index in [2.05, 4.69) is 18.2 Å². The molecule has 0 spiro atoms. The number of carbonyl (C=O) groups excluding carboxylic acids is 1. The molecule has 30 heavy (non-hydrogen) atoms. The van der Waals surface area contributed by atoms with Crippen molar-refractivity contribution in [3.63, 3.8) is 0 Å². The van der Waals surface area contributed by atoms with E-state index in [4.69, 9.17) is 15.2 Å². The first-order valence-electron chi connectivity index (χ1n) is 9.46. The number of methoxy groups -OCH3 is 1. The maximum Gasteiger partial charge on any atom is 0.410 e. The fourth-order valence-electron chi connectivity index (χ4n) is 4.31. The van der Waals surface area contributed by atoms with Gasteiger partial charge in [-0.15, -0.1) is 0 Å². The minimum absolute atomic E-state index is 0.0713. The molecule has 0 radical (unpaired) electrons. The van der Waals surface area contributed by atoms with Gasteiger partial charge in [0.15, 0.2) is 5.41 Å². The number of carbonyl (C=O) groups is 1. The van der Waals surface area contributed by atoms with Crippen molar-refractivity contribution in [1.29, 1.82) is 15.8 Å². The Kier molecular flexibility index (Phi) is 5.67. The third kappa shape index (κ3) is 3.02. The smallest absolute Gasteiger partial charge is 0.410 e. The van der Waals surface area contributed by atoms with Crippen LogP contribution in [-0.2, 0) is 4.74 Å². The predicted octanol–water partition coefficient (Wildman–Crippen LogP) is 2.58. The van der Waals surface area contributed by atoms with Crippen molar-refractivity contribution in [3.05, 3.63) is 52.7 Å². The normalized spacial score (nSPS) is 22.0. The third-order valence-electron chi connectivity index (χ3n) is 5.66. The van der Waals surface area contributed by atoms with E-state index in [0.29, 0.717) is 16.9 Å². The monoisotopic (exact) mass is 403 g/mol. The lowest BCUT2D eigenvalue weighted by atomic mass is 9.58. The summed E-state index contributed by atoms with van der Waals surface area (Å²) in [5.41, 5.74) is 5.79. The highest BCUT2D eigenvalue weighted by atomic mass is 16.6. The fourth-order valence-corrected chi connectivity index (χ4v) is 4.31. The van der Waals surface area contributed by atoms with Gasteiger partial charge in [-0.25, -0.2) is 4.79 Å². The number of amides is 1. The zero-order valence-corrected chi connectivity index (χ0v) is 16.8. The Morgan fingerprint density at radius 2 is 2.00 bits per heavy atom. The summed E-state index contributed by atoms with van der Waals surface area (Å²) >= 11 is 0. The number of nitrogens with two attached hydrogens (primary N) is 1. The quantitative estimate of drug-likeness (QED) is 0.819. The van der Waals surface area contributed by atoms with Gasteiger partial charge in [-0.1, -0.05) is 24.3 Å². The number of benzene rings is 1. The van der Waals surface area contributed by atoms with E-state index < -0.39 is 23.3 Å². The number of para-hydroxylation sites is 1. The van der Waals surface area contributed by atoms with Crippen molar-refractivity contribution in [1.82, 2.24) is 4.90 Å². The topological polar surface area (TPSA) is 136 Å². The molecule has 8 nitrogen and oxygen atoms in total. The van der Waals surface area contributed by atoms with Crippen molar-refractivity contribution in [3.8, 4) is 24.0 Å². The van der Waals surface area contributed by atoms with Crippen LogP contribution in [0.15, 0.2) is 47.2 Å². The summed E-state index contributed by atoms with van der Waals surface area (Å²) in [7, 11) is 1.50. The summed E-state index contributed by atoms with van der Waals surface area (Å²) in [6, 6.07) is 13.3. The van der Waals surface area contributed by atoms with Crippen LogP contribution < -0.4 is 10.5 Å². The SMILES string of the molecule is CCOC(=O)N1CC=C2C(C#N)=C(N)C(C#N)(C#N)C(c3ccccc3OC)C2C1. The molecule has 1 heterocycles. The zero-order chi connectivity index (χ0) is 21.9. The van der Waals surface area contributed by atoms with Gasteiger partial charge in [0.2, 0.25) is 0 Å². The highest BCUT2D eigenvalue weighted by Gasteiger charge is 2.55. The molecule has 0 fully saturated rings. The number of hydrogen-bond acceptors (Lipinski definition) is 7. The molecule has 1 amide bonds. The first-order valence-corrected chi connectivity index (χ1v) is 9.46. The number of rotatable bonds is 3. The number of nitrogens with zero attached hydrogens (tertiary/aromatic N) is 4. The largest absolute Gasteiger partial charge is 0.496 e. The zero-order valence-electron chi connectivity index (χ0n) is 16.8. The Hall–Kier alpha value is -3.96. The molecule has 2 unspecified atom stereocenters. The van der Waals surface area contributed by atoms with Crippen molar-refractivity contribution in [2.45, 2.75) is 12.8 Å². The number of ether oxygens (including phenoxy) is 2. The average Bonchev–Trinajstić information content (AvgIpc) is 2.78. The number of allylic oxidation sites excluding steroid dienone is 2. The fraction of sp³-hybridized carbons (Fsp3) is 0.364. The maximum atomic E-state index is 12.4. The molecule has 152 valence electrons. The maximum absolute atomic E-state index is 12.4. The van der Waals surface area contributed by atoms with Crippen LogP contribution in [0, 0.1) is 45.3 Å². The van der Waals surface area contributed by atoms with Crippen molar-refractivity contribution in [2.75, 3.05) is 26.8 Å². The lowest BCUT2D eigenvalue weighted by Crippen LogP contribution is -2.49. The number of fused-ring (bicyclic) bond motifs is 1. The van der Waals surface area contributed by atoms with Gasteiger partial charge in [0.25, 0.3) is 0 Å². The summed E-state index contributed by atoms with van der Waals surface area (Å²) in [5.74, 6) is -0.761. The molecule has 3 rings (SSSR count). The van der Waals surface area contributed by atoms with Crippen LogP contribution in [-0.4, -0.2) is 37.8 Å². The van der Waals surface area contributed by atoms with E-state index in [0.717, 1.165) is 0 Å². The van der Waals surface area contributed by atoms with Gasteiger partial charge in [-0.2, -0.15) is 15.8 Å². The molecule has 1 aromatic carbocycles. The highest BCUT2D eigenvalue weighted by molar-refractivity contribution is 5.69. The Morgan fingerprint density at radius 3 is 2.60 bits per heavy atom. The molecule has 0 saturated heterocycles. The Bertz CT molecular complexity index is 1040. The van der Waals surface area contributed by atoms with Crippen molar-refractivity contribution >= 4 is 6.09 Å². The van der Waals surface area contributed by atoms with E-state index in [1.165, 1.54) is 12.0 Å². The van der Waals surface area contributed by atoms with Gasteiger partial charge < -0.3 is 20.1 Å². The van der Waals surface area contributed by atoms with Crippen LogP contribution in [0.25, 0.3) is 0 Å². The number of nitriles is 3. The minimum Gasteiger partial charge on any atom is -0.496 e. The molecule has 2 N–H and O–H groups in total. The van der Waals surface area contributed by atoms with Gasteiger partial charge in [0.05, 0.1) is 37.1 Å². The summed E-state index contributed by atoms with van der Waals surface area (Å²) < 4.78 is 10.6. The van der Waals surface area contributed by atoms with E-state index in [9.17, 15) is 20.6 Å². The van der Waals surface area contributed by atoms with E-state index in [-0.39, 0.29) is 31.0 Å². The Balaban J connectivity index is 2.28. The van der Waals surface area contributed by atoms with Crippen LogP contribution in [0.5, 0.6) is 5.75 Å². The lowest BCUT2D eigenvalue weighted by Gasteiger charge is -2.45. The molecular formula is C22H21N5O3. The first-order chi connectivity index (χ1) is 14.5. The second-order valence-electron chi connectivity index (χ2n) is 7.02. The average molecular weight is 403 g/mol. The van der Waals surface area contributed by atoms with E-state index >= 15 is 0 Å². The van der Waals surface area contributed by atoms with Crippen LogP contribution >= 0.6 is 0 Å². The molecule has 2 aliphatic rings. The van der Waals surface area contributed by atoms with Crippen LogP contribution in [0.2, 0.25) is 0 Å². The summed E-state index contributed by atoms with van der Waals surface area (Å²) in [6.45, 7) is 2.36. The second-order valence-corrected chi connectivity index (χ2v) is 7.02. The molecular weight excluding hydrogens is 382 g/mol. The van der Waals surface area contributed by atoms with Gasteiger partial charge in [-0.05, 0) is 18.6 Å². The minimum atomic E-state index is -1.79. The first kappa shape index (κ1) is 20.8. The van der Waals surface area contributed by atoms with Crippen LogP contribution in [0.4, 0.5) is 4.79 Å². The highest BCUT2D eigenvalue weighted by Crippen LogP contribution is 2.55. The van der Waals surface area contributed by atoms with Crippen LogP contribution in [0.1, 0.15) is 18.4 Å². The molecule has 1 aromatic rings. The standard InChI is InChI=1S/C22H21N5O3/c1-3-30-21(28)27-9-8-14-16(10-23)20(26)22(12-24,13-25)19(17(14)11-27)15-6-4-5-7-18(15)29-2/h4-8,17,19H,3,9,11,26H2,1-2H3. The predicted molar refractivity (Wildman–Crippen MR) is 106 cm³/mol. The molecule has 0 saturated carbocycles. The third-order valence-corrected chi connectivity index (χ3v) is 5.66. The second kappa shape index (κ2) is 8.19. The van der Waals surface area contributed by atoms with E-state index in [1.807, 2.05) is 0 Å². The Labute approximate surface area is 175 Å². The summed E-state index contributed by atoms with van der Waals surface area (Å²) in [4.78, 5) is 13.9.